The van der Waals surface area contributed by atoms with Crippen molar-refractivity contribution in [3.05, 3.63) is 30.3 Å². The summed E-state index contributed by atoms with van der Waals surface area (Å²) in [6.45, 7) is 2.29. The summed E-state index contributed by atoms with van der Waals surface area (Å²) >= 11 is 0. The Kier molecular flexibility index (Phi) is 24.1. The van der Waals surface area contributed by atoms with E-state index in [1.165, 1.54) is 95.6 Å². The Bertz CT molecular complexity index is 662. The maximum atomic E-state index is 8.74. The molecular weight excluding hydrogens is 462 g/mol. The van der Waals surface area contributed by atoms with Crippen LogP contribution in [-0.2, 0) is 10.4 Å². The van der Waals surface area contributed by atoms with Gasteiger partial charge in [0.1, 0.15) is 11.9 Å². The highest BCUT2D eigenvalue weighted by atomic mass is 32.3. The van der Waals surface area contributed by atoms with E-state index in [4.69, 9.17) is 23.3 Å². The Hall–Kier alpha value is -1.03. The van der Waals surface area contributed by atoms with Gasteiger partial charge >= 0.3 is 10.4 Å². The van der Waals surface area contributed by atoms with Gasteiger partial charge in [-0.05, 0) is 32.6 Å². The van der Waals surface area contributed by atoms with Crippen LogP contribution in [0.15, 0.2) is 30.3 Å². The topological polar surface area (TPSA) is 113 Å². The molecule has 0 aliphatic carbocycles. The molecule has 0 fully saturated rings. The van der Waals surface area contributed by atoms with E-state index in [0.29, 0.717) is 0 Å². The largest absolute Gasteiger partial charge is 0.394 e. The van der Waals surface area contributed by atoms with Crippen molar-refractivity contribution < 1.29 is 17.5 Å². The number of hydrogen-bond donors (Lipinski definition) is 4. The Balaban J connectivity index is 0. The predicted octanol–water partition coefficient (Wildman–Crippen LogP) is 6.59. The van der Waals surface area contributed by atoms with Crippen LogP contribution >= 0.6 is 0 Å². The monoisotopic (exact) mass is 518 g/mol. The molecule has 0 aliphatic rings. The molecule has 0 saturated heterocycles. The van der Waals surface area contributed by atoms with Crippen LogP contribution < -0.4 is 15.5 Å². The second kappa shape index (κ2) is 23.4. The third-order valence-electron chi connectivity index (χ3n) is 6.10. The minimum absolute atomic E-state index is 0.185. The molecular formula is C27H56N3O4S+. The van der Waals surface area contributed by atoms with Gasteiger partial charge in [0, 0.05) is 6.42 Å². The van der Waals surface area contributed by atoms with Crippen molar-refractivity contribution in [3.63, 3.8) is 0 Å². The van der Waals surface area contributed by atoms with Gasteiger partial charge in [-0.3, -0.25) is 19.3 Å². The molecule has 208 valence electrons. The summed E-state index contributed by atoms with van der Waals surface area (Å²) < 4.78 is 32.4. The van der Waals surface area contributed by atoms with Crippen LogP contribution in [0, 0.1) is 0 Å². The predicted molar refractivity (Wildman–Crippen MR) is 152 cm³/mol. The third-order valence-corrected chi connectivity index (χ3v) is 6.10. The van der Waals surface area contributed by atoms with Gasteiger partial charge in [-0.2, -0.15) is 8.42 Å². The molecule has 1 aromatic rings. The summed E-state index contributed by atoms with van der Waals surface area (Å²) in [7, 11) is 3.54. The van der Waals surface area contributed by atoms with Gasteiger partial charge < -0.3 is 5.32 Å². The molecule has 1 atom stereocenters. The summed E-state index contributed by atoms with van der Waals surface area (Å²) in [5, 5.41) is 2.75. The van der Waals surface area contributed by atoms with Crippen molar-refractivity contribution in [1.29, 1.82) is 0 Å². The molecule has 0 aromatic heterocycles. The number of hydrogen-bond acceptors (Lipinski definition) is 4. The molecule has 1 rings (SSSR count). The van der Waals surface area contributed by atoms with E-state index in [2.05, 4.69) is 56.7 Å². The van der Waals surface area contributed by atoms with E-state index in [0.717, 1.165) is 10.9 Å². The molecule has 0 amide bonds. The molecule has 7 nitrogen and oxygen atoms in total. The molecule has 35 heavy (non-hydrogen) atoms. The molecule has 0 saturated carbocycles. The number of unbranched alkanes of at least 4 members (excludes halogenated alkanes) is 13. The summed E-state index contributed by atoms with van der Waals surface area (Å²) in [4.78, 5) is 0. The molecule has 0 heterocycles. The molecule has 0 bridgehead atoms. The van der Waals surface area contributed by atoms with Crippen molar-refractivity contribution >= 4 is 16.1 Å². The molecule has 1 aromatic carbocycles. The quantitative estimate of drug-likeness (QED) is 0.0800. The fourth-order valence-electron chi connectivity index (χ4n) is 3.87. The van der Waals surface area contributed by atoms with Crippen molar-refractivity contribution in [3.8, 4) is 0 Å². The molecule has 0 radical (unpaired) electrons. The van der Waals surface area contributed by atoms with Crippen molar-refractivity contribution in [2.45, 2.75) is 109 Å². The first kappa shape index (κ1) is 36.1. The van der Waals surface area contributed by atoms with Gasteiger partial charge in [0.15, 0.2) is 0 Å². The maximum absolute atomic E-state index is 8.74. The second-order valence-corrected chi connectivity index (χ2v) is 10.7. The fraction of sp³-hybridized carbons (Fsp3) is 0.778. The van der Waals surface area contributed by atoms with Crippen molar-refractivity contribution in [2.24, 2.45) is 5.73 Å². The van der Waals surface area contributed by atoms with Gasteiger partial charge in [-0.15, -0.1) is 0 Å². The van der Waals surface area contributed by atoms with Crippen LogP contribution in [-0.4, -0.2) is 51.9 Å². The summed E-state index contributed by atoms with van der Waals surface area (Å²) in [6, 6.07) is 10.7. The zero-order valence-corrected chi connectivity index (χ0v) is 24.0. The van der Waals surface area contributed by atoms with Gasteiger partial charge in [-0.25, -0.2) is 0 Å². The highest BCUT2D eigenvalue weighted by molar-refractivity contribution is 7.79. The zero-order valence-electron chi connectivity index (χ0n) is 23.2. The standard InChI is InChI=1S/C25H47N2.C2H7N.H2O4S/c1-4-5-6-7-8-9-10-11-12-13-14-15-16-20-23-25(26)27(2,3)24-21-18-17-19-22-24;1-3-2;1-5(2,3)4/h17-19,21-22,25H,4-16,20,23,26H2,1-3H3;3H,1-2H3;(H2,1,2,3,4)/q+1;;. The number of benzene rings is 1. The number of rotatable bonds is 17. The number of nitrogens with two attached hydrogens (primary N) is 1. The van der Waals surface area contributed by atoms with Crippen molar-refractivity contribution in [2.75, 3.05) is 28.2 Å². The zero-order chi connectivity index (χ0) is 27.0. The minimum Gasteiger partial charge on any atom is -0.323 e. The molecule has 0 aliphatic heterocycles. The molecule has 8 heteroatoms. The van der Waals surface area contributed by atoms with Crippen LogP contribution in [0.4, 0.5) is 5.69 Å². The van der Waals surface area contributed by atoms with E-state index in [1.54, 1.807) is 0 Å². The van der Waals surface area contributed by atoms with Gasteiger partial charge in [0.2, 0.25) is 0 Å². The number of nitrogens with one attached hydrogen (secondary N) is 1. The summed E-state index contributed by atoms with van der Waals surface area (Å²) in [5.41, 5.74) is 7.80. The summed E-state index contributed by atoms with van der Waals surface area (Å²) in [6.07, 6.45) is 21.0. The van der Waals surface area contributed by atoms with E-state index < -0.39 is 10.4 Å². The third kappa shape index (κ3) is 25.9. The van der Waals surface area contributed by atoms with Crippen LogP contribution in [0.5, 0.6) is 0 Å². The first-order chi connectivity index (χ1) is 16.5. The Morgan fingerprint density at radius 2 is 1.09 bits per heavy atom. The highest BCUT2D eigenvalue weighted by Crippen LogP contribution is 2.22. The van der Waals surface area contributed by atoms with Crippen LogP contribution in [0.2, 0.25) is 0 Å². The second-order valence-electron chi connectivity index (χ2n) is 9.78. The van der Waals surface area contributed by atoms with Gasteiger partial charge in [0.25, 0.3) is 0 Å². The number of para-hydroxylation sites is 1. The Morgan fingerprint density at radius 1 is 0.771 bits per heavy atom. The van der Waals surface area contributed by atoms with Crippen LogP contribution in [0.25, 0.3) is 0 Å². The van der Waals surface area contributed by atoms with Crippen LogP contribution in [0.3, 0.4) is 0 Å². The summed E-state index contributed by atoms with van der Waals surface area (Å²) in [5.74, 6) is 0. The lowest BCUT2D eigenvalue weighted by Gasteiger charge is -2.35. The smallest absolute Gasteiger partial charge is 0.323 e. The lowest BCUT2D eigenvalue weighted by molar-refractivity contribution is 0.276. The number of quaternary nitrogens is 1. The Morgan fingerprint density at radius 3 is 1.43 bits per heavy atom. The van der Waals surface area contributed by atoms with Gasteiger partial charge in [0.05, 0.1) is 14.1 Å². The van der Waals surface area contributed by atoms with Crippen LogP contribution in [0.1, 0.15) is 103 Å². The number of nitrogens with zero attached hydrogens (tertiary/aromatic N) is 1. The molecule has 0 spiro atoms. The fourth-order valence-corrected chi connectivity index (χ4v) is 3.87. The van der Waals surface area contributed by atoms with E-state index in [-0.39, 0.29) is 6.17 Å². The average molecular weight is 519 g/mol. The van der Waals surface area contributed by atoms with Crippen molar-refractivity contribution in [1.82, 2.24) is 9.80 Å². The SMILES string of the molecule is CCCCCCCCCCCCCCCCC(N)[N+](C)(C)c1ccccc1.CNC.O=S(=O)(O)O. The first-order valence-electron chi connectivity index (χ1n) is 13.4. The molecule has 1 unspecified atom stereocenters. The first-order valence-corrected chi connectivity index (χ1v) is 14.8. The Labute approximate surface area is 217 Å². The van der Waals surface area contributed by atoms with Gasteiger partial charge in [-0.1, -0.05) is 109 Å². The average Bonchev–Trinajstić information content (AvgIpc) is 2.79. The maximum Gasteiger partial charge on any atom is 0.394 e. The van der Waals surface area contributed by atoms with E-state index in [1.807, 2.05) is 14.1 Å². The normalized spacial score (nSPS) is 12.2. The molecule has 5 N–H and O–H groups in total. The van der Waals surface area contributed by atoms with E-state index >= 15 is 0 Å². The lowest BCUT2D eigenvalue weighted by Crippen LogP contribution is -2.55. The lowest BCUT2D eigenvalue weighted by atomic mass is 10.0. The minimum atomic E-state index is -4.67. The van der Waals surface area contributed by atoms with E-state index in [9.17, 15) is 0 Å². The highest BCUT2D eigenvalue weighted by Gasteiger charge is 2.26.